The molecule has 0 radical (unpaired) electrons. The summed E-state index contributed by atoms with van der Waals surface area (Å²) in [5.41, 5.74) is 1.17. The minimum absolute atomic E-state index is 0.0895. The van der Waals surface area contributed by atoms with Crippen molar-refractivity contribution in [3.63, 3.8) is 0 Å². The van der Waals surface area contributed by atoms with Crippen molar-refractivity contribution in [1.82, 2.24) is 15.2 Å². The van der Waals surface area contributed by atoms with Crippen LogP contribution in [0.2, 0.25) is 0 Å². The first kappa shape index (κ1) is 15.5. The van der Waals surface area contributed by atoms with Crippen molar-refractivity contribution in [2.24, 2.45) is 0 Å². The molecule has 0 N–H and O–H groups in total. The van der Waals surface area contributed by atoms with Crippen LogP contribution in [0, 0.1) is 0 Å². The molecule has 2 aromatic rings. The van der Waals surface area contributed by atoms with E-state index in [2.05, 4.69) is 14.7 Å². The van der Waals surface area contributed by atoms with Crippen molar-refractivity contribution < 1.29 is 27.3 Å². The number of hydrogen-bond acceptors (Lipinski definition) is 5. The molecule has 1 aliphatic rings. The van der Waals surface area contributed by atoms with Crippen LogP contribution in [0.4, 0.5) is 13.2 Å². The van der Waals surface area contributed by atoms with Crippen LogP contribution in [-0.4, -0.2) is 27.7 Å². The molecule has 1 saturated heterocycles. The van der Waals surface area contributed by atoms with E-state index in [1.165, 1.54) is 5.06 Å². The van der Waals surface area contributed by atoms with E-state index in [4.69, 9.17) is 4.84 Å². The molecule has 122 valence electrons. The van der Waals surface area contributed by atoms with Gasteiger partial charge >= 0.3 is 12.1 Å². The molecule has 0 atom stereocenters. The van der Waals surface area contributed by atoms with Crippen molar-refractivity contribution in [2.45, 2.75) is 25.6 Å². The zero-order chi connectivity index (χ0) is 16.4. The SMILES string of the molecule is O=C1CCCON1Cc1ccc(-c2noc(C(F)(F)F)n2)cc1. The Labute approximate surface area is 128 Å². The summed E-state index contributed by atoms with van der Waals surface area (Å²) in [5, 5.41) is 4.60. The molecule has 0 unspecified atom stereocenters. The molecular weight excluding hydrogens is 315 g/mol. The predicted molar refractivity (Wildman–Crippen MR) is 70.5 cm³/mol. The van der Waals surface area contributed by atoms with E-state index in [9.17, 15) is 18.0 Å². The van der Waals surface area contributed by atoms with Crippen molar-refractivity contribution in [2.75, 3.05) is 6.61 Å². The summed E-state index contributed by atoms with van der Waals surface area (Å²) >= 11 is 0. The predicted octanol–water partition coefficient (Wildman–Crippen LogP) is 2.81. The Kier molecular flexibility index (Phi) is 4.03. The van der Waals surface area contributed by atoms with Gasteiger partial charge in [-0.05, 0) is 12.0 Å². The summed E-state index contributed by atoms with van der Waals surface area (Å²) in [7, 11) is 0. The van der Waals surface area contributed by atoms with Gasteiger partial charge < -0.3 is 4.52 Å². The zero-order valence-electron chi connectivity index (χ0n) is 11.8. The molecule has 1 aliphatic heterocycles. The highest BCUT2D eigenvalue weighted by Gasteiger charge is 2.38. The fourth-order valence-corrected chi connectivity index (χ4v) is 2.11. The summed E-state index contributed by atoms with van der Waals surface area (Å²) in [6.45, 7) is 0.770. The first-order valence-electron chi connectivity index (χ1n) is 6.87. The molecule has 2 heterocycles. The highest BCUT2D eigenvalue weighted by atomic mass is 19.4. The lowest BCUT2D eigenvalue weighted by Crippen LogP contribution is -2.34. The van der Waals surface area contributed by atoms with Crippen LogP contribution in [0.5, 0.6) is 0 Å². The molecule has 0 aliphatic carbocycles. The Hall–Kier alpha value is -2.42. The lowest BCUT2D eigenvalue weighted by atomic mass is 10.1. The normalized spacial score (nSPS) is 16.0. The first-order chi connectivity index (χ1) is 10.9. The van der Waals surface area contributed by atoms with Crippen molar-refractivity contribution >= 4 is 5.91 Å². The van der Waals surface area contributed by atoms with Crippen LogP contribution >= 0.6 is 0 Å². The number of carbonyl (C=O) groups is 1. The van der Waals surface area contributed by atoms with E-state index in [1.54, 1.807) is 24.3 Å². The summed E-state index contributed by atoms with van der Waals surface area (Å²) in [6, 6.07) is 6.47. The second-order valence-electron chi connectivity index (χ2n) is 4.98. The molecule has 23 heavy (non-hydrogen) atoms. The summed E-state index contributed by atoms with van der Waals surface area (Å²) in [4.78, 5) is 20.2. The van der Waals surface area contributed by atoms with E-state index in [0.717, 1.165) is 5.56 Å². The number of hydrogen-bond donors (Lipinski definition) is 0. The Morgan fingerprint density at radius 2 is 1.96 bits per heavy atom. The summed E-state index contributed by atoms with van der Waals surface area (Å²) in [5.74, 6) is -1.62. The second kappa shape index (κ2) is 5.99. The van der Waals surface area contributed by atoms with Gasteiger partial charge in [0.05, 0.1) is 13.2 Å². The van der Waals surface area contributed by atoms with E-state index in [0.29, 0.717) is 25.0 Å². The Balaban J connectivity index is 1.72. The molecule has 1 fully saturated rings. The minimum Gasteiger partial charge on any atom is -0.329 e. The average molecular weight is 327 g/mol. The van der Waals surface area contributed by atoms with Gasteiger partial charge in [0.15, 0.2) is 0 Å². The molecule has 0 spiro atoms. The Morgan fingerprint density at radius 3 is 2.57 bits per heavy atom. The Bertz CT molecular complexity index is 697. The number of aromatic nitrogens is 2. The zero-order valence-corrected chi connectivity index (χ0v) is 11.8. The highest BCUT2D eigenvalue weighted by molar-refractivity contribution is 5.75. The van der Waals surface area contributed by atoms with Gasteiger partial charge in [0.25, 0.3) is 0 Å². The molecule has 1 amide bonds. The fourth-order valence-electron chi connectivity index (χ4n) is 2.11. The van der Waals surface area contributed by atoms with Gasteiger partial charge in [0.1, 0.15) is 0 Å². The van der Waals surface area contributed by atoms with Crippen LogP contribution < -0.4 is 0 Å². The largest absolute Gasteiger partial charge is 0.471 e. The van der Waals surface area contributed by atoms with E-state index in [1.807, 2.05) is 0 Å². The van der Waals surface area contributed by atoms with Gasteiger partial charge in [-0.2, -0.15) is 18.2 Å². The topological polar surface area (TPSA) is 68.5 Å². The fraction of sp³-hybridized carbons (Fsp3) is 0.357. The average Bonchev–Trinajstić information content (AvgIpc) is 3.00. The second-order valence-corrected chi connectivity index (χ2v) is 4.98. The summed E-state index contributed by atoms with van der Waals surface area (Å²) < 4.78 is 41.5. The van der Waals surface area contributed by atoms with Gasteiger partial charge in [-0.3, -0.25) is 9.63 Å². The molecule has 0 saturated carbocycles. The summed E-state index contributed by atoms with van der Waals surface area (Å²) in [6.07, 6.45) is -3.52. The molecule has 1 aromatic heterocycles. The van der Waals surface area contributed by atoms with Crippen LogP contribution in [-0.2, 0) is 22.4 Å². The number of alkyl halides is 3. The monoisotopic (exact) mass is 327 g/mol. The first-order valence-corrected chi connectivity index (χ1v) is 6.87. The van der Waals surface area contributed by atoms with E-state index >= 15 is 0 Å². The number of benzene rings is 1. The maximum atomic E-state index is 12.4. The number of halogens is 3. The number of nitrogens with zero attached hydrogens (tertiary/aromatic N) is 3. The van der Waals surface area contributed by atoms with Crippen LogP contribution in [0.25, 0.3) is 11.4 Å². The van der Waals surface area contributed by atoms with Crippen LogP contribution in [0.1, 0.15) is 24.3 Å². The maximum Gasteiger partial charge on any atom is 0.471 e. The molecule has 3 rings (SSSR count). The van der Waals surface area contributed by atoms with E-state index in [-0.39, 0.29) is 18.3 Å². The number of hydroxylamine groups is 2. The molecule has 1 aromatic carbocycles. The smallest absolute Gasteiger partial charge is 0.329 e. The lowest BCUT2D eigenvalue weighted by molar-refractivity contribution is -0.201. The van der Waals surface area contributed by atoms with Crippen LogP contribution in [0.15, 0.2) is 28.8 Å². The van der Waals surface area contributed by atoms with Gasteiger partial charge in [-0.15, -0.1) is 0 Å². The van der Waals surface area contributed by atoms with Gasteiger partial charge in [0.2, 0.25) is 11.7 Å². The lowest BCUT2D eigenvalue weighted by Gasteiger charge is -2.25. The number of amides is 1. The molecule has 6 nitrogen and oxygen atoms in total. The molecule has 0 bridgehead atoms. The third kappa shape index (κ3) is 3.50. The van der Waals surface area contributed by atoms with Gasteiger partial charge in [-0.1, -0.05) is 29.4 Å². The van der Waals surface area contributed by atoms with Crippen LogP contribution in [0.3, 0.4) is 0 Å². The number of rotatable bonds is 3. The molecular formula is C14H12F3N3O3. The van der Waals surface area contributed by atoms with Gasteiger partial charge in [-0.25, -0.2) is 5.06 Å². The highest BCUT2D eigenvalue weighted by Crippen LogP contribution is 2.29. The quantitative estimate of drug-likeness (QED) is 0.867. The van der Waals surface area contributed by atoms with Crippen molar-refractivity contribution in [1.29, 1.82) is 0 Å². The van der Waals surface area contributed by atoms with Gasteiger partial charge in [0, 0.05) is 12.0 Å². The molecule has 9 heteroatoms. The third-order valence-electron chi connectivity index (χ3n) is 3.27. The van der Waals surface area contributed by atoms with E-state index < -0.39 is 12.1 Å². The maximum absolute atomic E-state index is 12.4. The third-order valence-corrected chi connectivity index (χ3v) is 3.27. The standard InChI is InChI=1S/C14H12F3N3O3/c15-14(16,17)13-18-12(19-23-13)10-5-3-9(4-6-10)8-20-11(21)2-1-7-22-20/h3-6H,1-2,7-8H2. The minimum atomic E-state index is -4.67. The van der Waals surface area contributed by atoms with Crippen molar-refractivity contribution in [3.05, 3.63) is 35.7 Å². The van der Waals surface area contributed by atoms with Crippen molar-refractivity contribution in [3.8, 4) is 11.4 Å². The number of carbonyl (C=O) groups excluding carboxylic acids is 1. The Morgan fingerprint density at radius 1 is 1.22 bits per heavy atom.